The summed E-state index contributed by atoms with van der Waals surface area (Å²) in [5.74, 6) is -0.418. The van der Waals surface area contributed by atoms with Gasteiger partial charge < -0.3 is 15.0 Å². The van der Waals surface area contributed by atoms with Crippen LogP contribution in [0.25, 0.3) is 0 Å². The van der Waals surface area contributed by atoms with Crippen molar-refractivity contribution in [1.82, 2.24) is 10.2 Å². The molecule has 1 atom stereocenters. The standard InChI is InChI=1S/C28H31Cl2N3O5S/c1-5-31-28(35)20(3)32(17-21-8-15-25(29)26(30)16-21)27(34)18-33(22-9-11-23(38-4)12-10-22)39(36,37)24-13-6-19(2)7-14-24/h6-16,20H,5,17-18H2,1-4H3,(H,31,35)/t20-/m0/s1. The van der Waals surface area contributed by atoms with Crippen LogP contribution < -0.4 is 14.4 Å². The third-order valence-corrected chi connectivity index (χ3v) is 8.63. The number of sulfonamides is 1. The predicted molar refractivity (Wildman–Crippen MR) is 154 cm³/mol. The zero-order chi connectivity index (χ0) is 28.7. The summed E-state index contributed by atoms with van der Waals surface area (Å²) >= 11 is 12.2. The summed E-state index contributed by atoms with van der Waals surface area (Å²) in [6.45, 7) is 5.05. The van der Waals surface area contributed by atoms with Crippen LogP contribution in [-0.2, 0) is 26.2 Å². The summed E-state index contributed by atoms with van der Waals surface area (Å²) in [5.41, 5.74) is 1.79. The maximum absolute atomic E-state index is 13.8. The summed E-state index contributed by atoms with van der Waals surface area (Å²) in [6.07, 6.45) is 0. The number of amides is 2. The van der Waals surface area contributed by atoms with Crippen molar-refractivity contribution in [2.75, 3.05) is 24.5 Å². The quantitative estimate of drug-likeness (QED) is 0.336. The van der Waals surface area contributed by atoms with Crippen molar-refractivity contribution >= 4 is 50.7 Å². The van der Waals surface area contributed by atoms with E-state index in [0.717, 1.165) is 9.87 Å². The van der Waals surface area contributed by atoms with Gasteiger partial charge in [0.05, 0.1) is 27.7 Å². The molecular weight excluding hydrogens is 561 g/mol. The predicted octanol–water partition coefficient (Wildman–Crippen LogP) is 5.06. The van der Waals surface area contributed by atoms with Crippen molar-refractivity contribution < 1.29 is 22.7 Å². The summed E-state index contributed by atoms with van der Waals surface area (Å²) in [6, 6.07) is 16.7. The topological polar surface area (TPSA) is 96.0 Å². The van der Waals surface area contributed by atoms with E-state index < -0.39 is 28.5 Å². The number of carbonyl (C=O) groups excluding carboxylic acids is 2. The van der Waals surface area contributed by atoms with Gasteiger partial charge in [-0.15, -0.1) is 0 Å². The number of halogens is 2. The van der Waals surface area contributed by atoms with Crippen molar-refractivity contribution in [2.24, 2.45) is 0 Å². The number of benzene rings is 3. The van der Waals surface area contributed by atoms with E-state index in [2.05, 4.69) is 5.32 Å². The smallest absolute Gasteiger partial charge is 0.264 e. The molecule has 0 saturated heterocycles. The Kier molecular flexibility index (Phi) is 10.2. The molecule has 0 spiro atoms. The summed E-state index contributed by atoms with van der Waals surface area (Å²) in [7, 11) is -2.65. The maximum atomic E-state index is 13.8. The van der Waals surface area contributed by atoms with Crippen LogP contribution in [0.5, 0.6) is 5.75 Å². The lowest BCUT2D eigenvalue weighted by Gasteiger charge is -2.32. The first kappa shape index (κ1) is 30.3. The van der Waals surface area contributed by atoms with Crippen molar-refractivity contribution in [1.29, 1.82) is 0 Å². The van der Waals surface area contributed by atoms with Crippen molar-refractivity contribution in [3.8, 4) is 5.75 Å². The minimum atomic E-state index is -4.15. The Labute approximate surface area is 239 Å². The van der Waals surface area contributed by atoms with Gasteiger partial charge in [0, 0.05) is 13.1 Å². The molecule has 0 aliphatic heterocycles. The number of hydrogen-bond acceptors (Lipinski definition) is 5. The molecule has 0 unspecified atom stereocenters. The molecule has 3 rings (SSSR count). The van der Waals surface area contributed by atoms with Crippen LogP contribution in [0.4, 0.5) is 5.69 Å². The largest absolute Gasteiger partial charge is 0.497 e. The van der Waals surface area contributed by atoms with Crippen LogP contribution in [0.3, 0.4) is 0 Å². The number of rotatable bonds is 11. The molecule has 0 heterocycles. The number of anilines is 1. The highest BCUT2D eigenvalue weighted by Crippen LogP contribution is 2.27. The van der Waals surface area contributed by atoms with E-state index in [9.17, 15) is 18.0 Å². The number of ether oxygens (including phenoxy) is 1. The Bertz CT molecular complexity index is 1410. The van der Waals surface area contributed by atoms with Gasteiger partial charge in [-0.05, 0) is 74.9 Å². The molecule has 0 radical (unpaired) electrons. The highest BCUT2D eigenvalue weighted by atomic mass is 35.5. The average molecular weight is 593 g/mol. The molecule has 11 heteroatoms. The second-order valence-electron chi connectivity index (χ2n) is 8.86. The van der Waals surface area contributed by atoms with Crippen molar-refractivity contribution in [3.05, 3.63) is 87.9 Å². The van der Waals surface area contributed by atoms with Crippen LogP contribution in [0.1, 0.15) is 25.0 Å². The van der Waals surface area contributed by atoms with Gasteiger partial charge in [-0.2, -0.15) is 0 Å². The SMILES string of the molecule is CCNC(=O)[C@H](C)N(Cc1ccc(Cl)c(Cl)c1)C(=O)CN(c1ccc(OC)cc1)S(=O)(=O)c1ccc(C)cc1. The van der Waals surface area contributed by atoms with Gasteiger partial charge in [0.1, 0.15) is 18.3 Å². The number of methoxy groups -OCH3 is 1. The van der Waals surface area contributed by atoms with Crippen LogP contribution in [0, 0.1) is 6.92 Å². The number of hydrogen-bond donors (Lipinski definition) is 1. The lowest BCUT2D eigenvalue weighted by Crippen LogP contribution is -2.51. The first-order valence-electron chi connectivity index (χ1n) is 12.2. The van der Waals surface area contributed by atoms with Gasteiger partial charge in [0.15, 0.2) is 0 Å². The Hall–Kier alpha value is -3.27. The van der Waals surface area contributed by atoms with Gasteiger partial charge in [-0.1, -0.05) is 47.0 Å². The number of nitrogens with one attached hydrogen (secondary N) is 1. The van der Waals surface area contributed by atoms with Gasteiger partial charge in [-0.3, -0.25) is 13.9 Å². The molecule has 0 fully saturated rings. The fraction of sp³-hybridized carbons (Fsp3) is 0.286. The molecular formula is C28H31Cl2N3O5S. The first-order valence-corrected chi connectivity index (χ1v) is 14.4. The summed E-state index contributed by atoms with van der Waals surface area (Å²) in [4.78, 5) is 28.0. The van der Waals surface area contributed by atoms with Gasteiger partial charge >= 0.3 is 0 Å². The zero-order valence-corrected chi connectivity index (χ0v) is 24.5. The van der Waals surface area contributed by atoms with Crippen molar-refractivity contribution in [3.63, 3.8) is 0 Å². The number of likely N-dealkylation sites (N-methyl/N-ethyl adjacent to an activating group) is 1. The van der Waals surface area contributed by atoms with Gasteiger partial charge in [0.2, 0.25) is 11.8 Å². The van der Waals surface area contributed by atoms with E-state index in [0.29, 0.717) is 27.9 Å². The Morgan fingerprint density at radius 3 is 2.18 bits per heavy atom. The van der Waals surface area contributed by atoms with E-state index >= 15 is 0 Å². The van der Waals surface area contributed by atoms with Crippen LogP contribution in [-0.4, -0.2) is 51.4 Å². The molecule has 8 nitrogen and oxygen atoms in total. The number of nitrogens with zero attached hydrogens (tertiary/aromatic N) is 2. The second-order valence-corrected chi connectivity index (χ2v) is 11.5. The highest BCUT2D eigenvalue weighted by molar-refractivity contribution is 7.92. The highest BCUT2D eigenvalue weighted by Gasteiger charge is 2.32. The molecule has 0 saturated carbocycles. The van der Waals surface area contributed by atoms with Gasteiger partial charge in [0.25, 0.3) is 10.0 Å². The fourth-order valence-electron chi connectivity index (χ4n) is 3.85. The van der Waals surface area contributed by atoms with E-state index in [1.807, 2.05) is 6.92 Å². The first-order chi connectivity index (χ1) is 18.5. The maximum Gasteiger partial charge on any atom is 0.264 e. The monoisotopic (exact) mass is 591 g/mol. The summed E-state index contributed by atoms with van der Waals surface area (Å²) < 4.78 is 33.9. The fourth-order valence-corrected chi connectivity index (χ4v) is 5.59. The summed E-state index contributed by atoms with van der Waals surface area (Å²) in [5, 5.41) is 3.37. The molecule has 208 valence electrons. The Balaban J connectivity index is 2.04. The normalized spacial score (nSPS) is 11.9. The average Bonchev–Trinajstić information content (AvgIpc) is 2.92. The molecule has 0 bridgehead atoms. The minimum absolute atomic E-state index is 0.00898. The van der Waals surface area contributed by atoms with Crippen molar-refractivity contribution in [2.45, 2.75) is 38.3 Å². The number of aryl methyl sites for hydroxylation is 1. The third-order valence-electron chi connectivity index (χ3n) is 6.10. The minimum Gasteiger partial charge on any atom is -0.497 e. The van der Waals surface area contributed by atoms with Gasteiger partial charge in [-0.25, -0.2) is 8.42 Å². The molecule has 3 aromatic carbocycles. The van der Waals surface area contributed by atoms with Crippen LogP contribution >= 0.6 is 23.2 Å². The molecule has 0 aliphatic rings. The van der Waals surface area contributed by atoms with E-state index in [1.165, 1.54) is 24.1 Å². The molecule has 0 aromatic heterocycles. The second kappa shape index (κ2) is 13.2. The van der Waals surface area contributed by atoms with Crippen LogP contribution in [0.15, 0.2) is 71.6 Å². The molecule has 39 heavy (non-hydrogen) atoms. The van der Waals surface area contributed by atoms with E-state index in [-0.39, 0.29) is 23.0 Å². The lowest BCUT2D eigenvalue weighted by atomic mass is 10.1. The Morgan fingerprint density at radius 2 is 1.62 bits per heavy atom. The molecule has 3 aromatic rings. The molecule has 2 amide bonds. The van der Waals surface area contributed by atoms with E-state index in [1.54, 1.807) is 68.4 Å². The molecule has 0 aliphatic carbocycles. The zero-order valence-electron chi connectivity index (χ0n) is 22.1. The third kappa shape index (κ3) is 7.44. The van der Waals surface area contributed by atoms with E-state index in [4.69, 9.17) is 27.9 Å². The molecule has 1 N–H and O–H groups in total. The Morgan fingerprint density at radius 1 is 0.974 bits per heavy atom. The lowest BCUT2D eigenvalue weighted by molar-refractivity contribution is -0.139. The van der Waals surface area contributed by atoms with Crippen LogP contribution in [0.2, 0.25) is 10.0 Å². The number of carbonyl (C=O) groups is 2.